The summed E-state index contributed by atoms with van der Waals surface area (Å²) in [6.07, 6.45) is 4.22. The predicted octanol–water partition coefficient (Wildman–Crippen LogP) is 6.69. The van der Waals surface area contributed by atoms with Gasteiger partial charge in [-0.3, -0.25) is 4.79 Å². The van der Waals surface area contributed by atoms with Crippen molar-refractivity contribution in [2.75, 3.05) is 34.7 Å². The highest BCUT2D eigenvalue weighted by Crippen LogP contribution is 2.40. The minimum atomic E-state index is -1.59. The van der Waals surface area contributed by atoms with Crippen molar-refractivity contribution in [3.63, 3.8) is 0 Å². The fourth-order valence-corrected chi connectivity index (χ4v) is 8.55. The molecule has 0 amide bonds. The molecule has 3 atom stereocenters. The second kappa shape index (κ2) is 19.9. The summed E-state index contributed by atoms with van der Waals surface area (Å²) in [7, 11) is 4.78. The highest BCUT2D eigenvalue weighted by molar-refractivity contribution is 5.91. The summed E-state index contributed by atoms with van der Waals surface area (Å²) >= 11 is 0. The van der Waals surface area contributed by atoms with E-state index < -0.39 is 36.6 Å². The van der Waals surface area contributed by atoms with Crippen LogP contribution in [-0.4, -0.2) is 77.1 Å². The lowest BCUT2D eigenvalue weighted by Crippen LogP contribution is -2.44. The number of phenolic OH excluding ortho intramolecular Hbond substituents is 2. The van der Waals surface area contributed by atoms with Crippen LogP contribution >= 0.6 is 0 Å². The lowest BCUT2D eigenvalue weighted by molar-refractivity contribution is -0.129. The largest absolute Gasteiger partial charge is 0.508 e. The number of hydrogen-bond donors (Lipinski definition) is 7. The lowest BCUT2D eigenvalue weighted by Gasteiger charge is -2.34. The standard InChI is InChI=1S/C49H56N2O9/c1-5-34-11-12-35-8-6-7-9-40(35)41(34)24-42-36(13-14-43(55)48(42)59-4)22-37(18-32-16-17-51-28-32)44(56)25-47(57)49(29-52,38-19-33(27-50-2)20-39(54)23-38)26-31-10-15-45(60-30-53)46(21-31)58-3/h6-17,19-21,23,28,37,44,50-56H,5,18,22,24-27,29-30H2,1-4H3. The number of aromatic hydroxyl groups is 2. The van der Waals surface area contributed by atoms with Crippen LogP contribution in [0.1, 0.15) is 57.9 Å². The molecule has 0 saturated heterocycles. The van der Waals surface area contributed by atoms with Crippen LogP contribution in [0.2, 0.25) is 0 Å². The third kappa shape index (κ3) is 9.61. The number of nitrogens with one attached hydrogen (secondary N) is 2. The Kier molecular flexibility index (Phi) is 14.5. The van der Waals surface area contributed by atoms with Crippen LogP contribution in [0.5, 0.6) is 28.7 Å². The van der Waals surface area contributed by atoms with Gasteiger partial charge in [-0.2, -0.15) is 0 Å². The summed E-state index contributed by atoms with van der Waals surface area (Å²) in [5.74, 6) is 0.0263. The second-order valence-corrected chi connectivity index (χ2v) is 15.4. The molecule has 3 unspecified atom stereocenters. The summed E-state index contributed by atoms with van der Waals surface area (Å²) < 4.78 is 16.7. The Balaban J connectivity index is 1.41. The number of ketones is 1. The van der Waals surface area contributed by atoms with Crippen LogP contribution in [0.4, 0.5) is 0 Å². The molecule has 0 radical (unpaired) electrons. The number of aliphatic hydroxyl groups excluding tert-OH is 3. The number of aryl methyl sites for hydroxylation is 1. The van der Waals surface area contributed by atoms with Crippen molar-refractivity contribution < 1.29 is 44.5 Å². The maximum absolute atomic E-state index is 15.1. The van der Waals surface area contributed by atoms with E-state index in [0.29, 0.717) is 59.7 Å². The number of H-pyrrole nitrogens is 1. The highest BCUT2D eigenvalue weighted by Gasteiger charge is 2.42. The zero-order valence-electron chi connectivity index (χ0n) is 34.7. The molecule has 7 N–H and O–H groups in total. The molecule has 6 rings (SSSR count). The molecular formula is C49H56N2O9. The smallest absolute Gasteiger partial charge is 0.186 e. The van der Waals surface area contributed by atoms with Crippen molar-refractivity contribution >= 4 is 16.6 Å². The molecule has 0 spiro atoms. The molecule has 11 heteroatoms. The predicted molar refractivity (Wildman–Crippen MR) is 232 cm³/mol. The first-order valence-electron chi connectivity index (χ1n) is 20.3. The Morgan fingerprint density at radius 3 is 2.33 bits per heavy atom. The van der Waals surface area contributed by atoms with Gasteiger partial charge in [0.1, 0.15) is 11.5 Å². The SMILES string of the molecule is CCc1ccc2ccccc2c1Cc1c(CC(Cc2cc[nH]c2)C(O)CC(=O)C(CO)(Cc2ccc(OCO)c(OC)c2)c2cc(O)cc(CNC)c2)ccc(O)c1OC. The van der Waals surface area contributed by atoms with Gasteiger partial charge in [0.25, 0.3) is 0 Å². The van der Waals surface area contributed by atoms with Crippen molar-refractivity contribution in [3.05, 3.63) is 148 Å². The Bertz CT molecular complexity index is 2380. The van der Waals surface area contributed by atoms with Crippen LogP contribution in [-0.2, 0) is 48.9 Å². The Labute approximate surface area is 351 Å². The average Bonchev–Trinajstić information content (AvgIpc) is 3.77. The number of phenols is 2. The Hall–Kier alpha value is -5.85. The summed E-state index contributed by atoms with van der Waals surface area (Å²) in [6, 6.07) is 27.8. The van der Waals surface area contributed by atoms with Crippen molar-refractivity contribution in [2.45, 2.75) is 63.5 Å². The van der Waals surface area contributed by atoms with Crippen LogP contribution in [0.25, 0.3) is 10.8 Å². The molecule has 0 saturated carbocycles. The molecule has 0 aliphatic carbocycles. The molecule has 0 aliphatic rings. The molecule has 0 fully saturated rings. The minimum Gasteiger partial charge on any atom is -0.508 e. The van der Waals surface area contributed by atoms with E-state index in [4.69, 9.17) is 14.2 Å². The number of aliphatic hydroxyl groups is 3. The van der Waals surface area contributed by atoms with E-state index in [9.17, 15) is 25.5 Å². The molecule has 6 aromatic rings. The van der Waals surface area contributed by atoms with Crippen LogP contribution in [0.3, 0.4) is 0 Å². The fourth-order valence-electron chi connectivity index (χ4n) is 8.55. The number of benzene rings is 5. The summed E-state index contributed by atoms with van der Waals surface area (Å²) in [4.78, 5) is 18.2. The van der Waals surface area contributed by atoms with Gasteiger partial charge in [0, 0.05) is 37.3 Å². The fraction of sp³-hybridized carbons (Fsp3) is 0.327. The van der Waals surface area contributed by atoms with Crippen molar-refractivity contribution in [1.82, 2.24) is 10.3 Å². The molecule has 5 aromatic carbocycles. The van der Waals surface area contributed by atoms with E-state index in [1.807, 2.05) is 36.7 Å². The number of carbonyl (C=O) groups excluding carboxylic acids is 1. The zero-order chi connectivity index (χ0) is 42.8. The van der Waals surface area contributed by atoms with Gasteiger partial charge in [0.15, 0.2) is 29.8 Å². The van der Waals surface area contributed by atoms with E-state index in [2.05, 4.69) is 41.5 Å². The lowest BCUT2D eigenvalue weighted by atomic mass is 9.70. The molecular weight excluding hydrogens is 761 g/mol. The summed E-state index contributed by atoms with van der Waals surface area (Å²) in [6.45, 7) is 1.34. The van der Waals surface area contributed by atoms with Crippen LogP contribution < -0.4 is 19.5 Å². The molecule has 1 heterocycles. The highest BCUT2D eigenvalue weighted by atomic mass is 16.6. The van der Waals surface area contributed by atoms with Crippen LogP contribution in [0.15, 0.2) is 103 Å². The molecule has 11 nitrogen and oxygen atoms in total. The zero-order valence-corrected chi connectivity index (χ0v) is 34.7. The first-order valence-corrected chi connectivity index (χ1v) is 20.3. The maximum Gasteiger partial charge on any atom is 0.186 e. The second-order valence-electron chi connectivity index (χ2n) is 15.4. The topological polar surface area (TPSA) is 174 Å². The number of fused-ring (bicyclic) bond motifs is 1. The number of ether oxygens (including phenoxy) is 3. The van der Waals surface area contributed by atoms with E-state index in [0.717, 1.165) is 39.4 Å². The van der Waals surface area contributed by atoms with Gasteiger partial charge in [-0.15, -0.1) is 0 Å². The van der Waals surface area contributed by atoms with E-state index >= 15 is 4.79 Å². The van der Waals surface area contributed by atoms with Gasteiger partial charge in [0.2, 0.25) is 0 Å². The van der Waals surface area contributed by atoms with Gasteiger partial charge in [-0.05, 0) is 125 Å². The number of hydrogen-bond acceptors (Lipinski definition) is 10. The quantitative estimate of drug-likeness (QED) is 0.0388. The number of aromatic nitrogens is 1. The van der Waals surface area contributed by atoms with Gasteiger partial charge in [-0.1, -0.05) is 61.5 Å². The number of aromatic amines is 1. The molecule has 0 aliphatic heterocycles. The van der Waals surface area contributed by atoms with Gasteiger partial charge >= 0.3 is 0 Å². The van der Waals surface area contributed by atoms with E-state index in [1.165, 1.54) is 25.8 Å². The summed E-state index contributed by atoms with van der Waals surface area (Å²) in [5, 5.41) is 60.4. The minimum absolute atomic E-state index is 0.000153. The molecule has 1 aromatic heterocycles. The first kappa shape index (κ1) is 43.7. The number of Topliss-reactive ketones (excluding diaryl/α,β-unsaturated/α-hetero) is 1. The van der Waals surface area contributed by atoms with Gasteiger partial charge in [0.05, 0.1) is 32.3 Å². The Morgan fingerprint density at radius 2 is 1.63 bits per heavy atom. The van der Waals surface area contributed by atoms with Crippen molar-refractivity contribution in [3.8, 4) is 28.7 Å². The molecule has 60 heavy (non-hydrogen) atoms. The Morgan fingerprint density at radius 1 is 0.833 bits per heavy atom. The molecule has 316 valence electrons. The maximum atomic E-state index is 15.1. The van der Waals surface area contributed by atoms with E-state index in [-0.39, 0.29) is 24.3 Å². The monoisotopic (exact) mass is 816 g/mol. The third-order valence-corrected chi connectivity index (χ3v) is 11.7. The first-order chi connectivity index (χ1) is 29.1. The molecule has 0 bridgehead atoms. The third-order valence-electron chi connectivity index (χ3n) is 11.7. The number of carbonyl (C=O) groups is 1. The van der Waals surface area contributed by atoms with Crippen LogP contribution in [0, 0.1) is 5.92 Å². The van der Waals surface area contributed by atoms with Gasteiger partial charge in [-0.25, -0.2) is 0 Å². The van der Waals surface area contributed by atoms with Crippen molar-refractivity contribution in [2.24, 2.45) is 5.92 Å². The van der Waals surface area contributed by atoms with Crippen molar-refractivity contribution in [1.29, 1.82) is 0 Å². The summed E-state index contributed by atoms with van der Waals surface area (Å²) in [5.41, 5.74) is 5.04. The van der Waals surface area contributed by atoms with Gasteiger partial charge < -0.3 is 50.0 Å². The average molecular weight is 817 g/mol. The number of methoxy groups -OCH3 is 2. The van der Waals surface area contributed by atoms with E-state index in [1.54, 1.807) is 43.4 Å². The number of rotatable bonds is 21. The normalized spacial score (nSPS) is 13.4.